The Morgan fingerprint density at radius 3 is 3.00 bits per heavy atom. The van der Waals surface area contributed by atoms with Gasteiger partial charge >= 0.3 is 0 Å². The van der Waals surface area contributed by atoms with E-state index in [2.05, 4.69) is 15.0 Å². The standard InChI is InChI=1S/C13H12N4O/c1-18-9-4-2-3-8(5-9)12-11-10(6-15-12)16-7-17-13(11)14/h2-5,7H,6H2,1H3,(H2,14,16,17). The number of hydrogen-bond acceptors (Lipinski definition) is 5. The Hall–Kier alpha value is -2.43. The van der Waals surface area contributed by atoms with Crippen molar-refractivity contribution < 1.29 is 4.74 Å². The summed E-state index contributed by atoms with van der Waals surface area (Å²) in [5, 5.41) is 0. The van der Waals surface area contributed by atoms with Crippen LogP contribution in [0.25, 0.3) is 0 Å². The molecule has 0 saturated heterocycles. The highest BCUT2D eigenvalue weighted by Crippen LogP contribution is 2.26. The van der Waals surface area contributed by atoms with Gasteiger partial charge in [0.1, 0.15) is 17.9 Å². The zero-order valence-electron chi connectivity index (χ0n) is 9.92. The number of hydrogen-bond donors (Lipinski definition) is 1. The number of fused-ring (bicyclic) bond motifs is 1. The van der Waals surface area contributed by atoms with Crippen LogP contribution in [0.5, 0.6) is 5.75 Å². The summed E-state index contributed by atoms with van der Waals surface area (Å²) in [6.07, 6.45) is 1.47. The Morgan fingerprint density at radius 1 is 1.28 bits per heavy atom. The smallest absolute Gasteiger partial charge is 0.136 e. The Morgan fingerprint density at radius 2 is 2.17 bits per heavy atom. The van der Waals surface area contributed by atoms with Crippen LogP contribution in [-0.4, -0.2) is 22.8 Å². The van der Waals surface area contributed by atoms with Gasteiger partial charge in [-0.15, -0.1) is 0 Å². The van der Waals surface area contributed by atoms with Gasteiger partial charge in [-0.1, -0.05) is 12.1 Å². The number of nitrogen functional groups attached to an aromatic ring is 1. The average molecular weight is 240 g/mol. The monoisotopic (exact) mass is 240 g/mol. The number of aliphatic imine (C=N–C) groups is 1. The van der Waals surface area contributed by atoms with Gasteiger partial charge in [0, 0.05) is 5.56 Å². The fourth-order valence-corrected chi connectivity index (χ4v) is 2.05. The summed E-state index contributed by atoms with van der Waals surface area (Å²) < 4.78 is 5.22. The first-order valence-electron chi connectivity index (χ1n) is 5.58. The van der Waals surface area contributed by atoms with Crippen molar-refractivity contribution in [3.8, 4) is 5.75 Å². The van der Waals surface area contributed by atoms with E-state index in [1.54, 1.807) is 7.11 Å². The van der Waals surface area contributed by atoms with E-state index in [9.17, 15) is 0 Å². The summed E-state index contributed by atoms with van der Waals surface area (Å²) in [5.41, 5.74) is 9.42. The van der Waals surface area contributed by atoms with Gasteiger partial charge in [-0.2, -0.15) is 0 Å². The molecule has 0 spiro atoms. The summed E-state index contributed by atoms with van der Waals surface area (Å²) in [4.78, 5) is 12.7. The van der Waals surface area contributed by atoms with E-state index in [1.165, 1.54) is 6.33 Å². The molecule has 0 atom stereocenters. The van der Waals surface area contributed by atoms with Crippen molar-refractivity contribution in [2.75, 3.05) is 12.8 Å². The minimum Gasteiger partial charge on any atom is -0.497 e. The van der Waals surface area contributed by atoms with Gasteiger partial charge in [0.05, 0.1) is 30.6 Å². The summed E-state index contributed by atoms with van der Waals surface area (Å²) in [6.45, 7) is 0.550. The predicted octanol–water partition coefficient (Wildman–Crippen LogP) is 1.42. The molecule has 2 heterocycles. The van der Waals surface area contributed by atoms with Crippen LogP contribution in [0.15, 0.2) is 35.6 Å². The fraction of sp³-hybridized carbons (Fsp3) is 0.154. The second-order valence-corrected chi connectivity index (χ2v) is 3.98. The van der Waals surface area contributed by atoms with E-state index >= 15 is 0 Å². The average Bonchev–Trinajstić information content (AvgIpc) is 2.84. The van der Waals surface area contributed by atoms with Crippen LogP contribution in [0, 0.1) is 0 Å². The fourth-order valence-electron chi connectivity index (χ4n) is 2.05. The molecule has 5 nitrogen and oxygen atoms in total. The molecule has 1 aromatic heterocycles. The number of methoxy groups -OCH3 is 1. The highest BCUT2D eigenvalue weighted by Gasteiger charge is 2.22. The van der Waals surface area contributed by atoms with Crippen molar-refractivity contribution in [1.82, 2.24) is 9.97 Å². The molecule has 3 rings (SSSR count). The van der Waals surface area contributed by atoms with Crippen molar-refractivity contribution in [2.45, 2.75) is 6.54 Å². The topological polar surface area (TPSA) is 73.4 Å². The normalized spacial score (nSPS) is 13.1. The Balaban J connectivity index is 2.11. The van der Waals surface area contributed by atoms with Gasteiger partial charge in [0.25, 0.3) is 0 Å². The third-order valence-corrected chi connectivity index (χ3v) is 2.92. The molecule has 1 aliphatic heterocycles. The number of anilines is 1. The molecular weight excluding hydrogens is 228 g/mol. The van der Waals surface area contributed by atoms with Crippen LogP contribution in [-0.2, 0) is 6.54 Å². The van der Waals surface area contributed by atoms with Crippen molar-refractivity contribution in [3.05, 3.63) is 47.4 Å². The second-order valence-electron chi connectivity index (χ2n) is 3.98. The van der Waals surface area contributed by atoms with Crippen LogP contribution in [0.1, 0.15) is 16.8 Å². The molecule has 0 bridgehead atoms. The first-order valence-corrected chi connectivity index (χ1v) is 5.58. The van der Waals surface area contributed by atoms with Crippen LogP contribution >= 0.6 is 0 Å². The van der Waals surface area contributed by atoms with Gasteiger partial charge in [-0.25, -0.2) is 9.97 Å². The summed E-state index contributed by atoms with van der Waals surface area (Å²) in [5.74, 6) is 1.26. The Bertz CT molecular complexity index is 637. The molecule has 0 amide bonds. The molecule has 90 valence electrons. The van der Waals surface area contributed by atoms with E-state index in [-0.39, 0.29) is 0 Å². The Kier molecular flexibility index (Phi) is 2.44. The molecule has 0 fully saturated rings. The highest BCUT2D eigenvalue weighted by molar-refractivity contribution is 6.17. The van der Waals surface area contributed by atoms with Gasteiger partial charge in [0.2, 0.25) is 0 Å². The van der Waals surface area contributed by atoms with E-state index < -0.39 is 0 Å². The Labute approximate surface area is 104 Å². The van der Waals surface area contributed by atoms with Crippen molar-refractivity contribution in [2.24, 2.45) is 4.99 Å². The van der Waals surface area contributed by atoms with Crippen LogP contribution in [0.4, 0.5) is 5.82 Å². The molecule has 1 aromatic carbocycles. The molecule has 18 heavy (non-hydrogen) atoms. The molecule has 1 aliphatic rings. The van der Waals surface area contributed by atoms with Gasteiger partial charge in [-0.05, 0) is 12.1 Å². The highest BCUT2D eigenvalue weighted by atomic mass is 16.5. The van der Waals surface area contributed by atoms with Crippen LogP contribution in [0.2, 0.25) is 0 Å². The van der Waals surface area contributed by atoms with Gasteiger partial charge in [0.15, 0.2) is 0 Å². The van der Waals surface area contributed by atoms with E-state index in [0.29, 0.717) is 12.4 Å². The summed E-state index contributed by atoms with van der Waals surface area (Å²) >= 11 is 0. The maximum Gasteiger partial charge on any atom is 0.136 e. The zero-order chi connectivity index (χ0) is 12.5. The molecule has 2 aromatic rings. The lowest BCUT2D eigenvalue weighted by atomic mass is 10.0. The molecule has 2 N–H and O–H groups in total. The van der Waals surface area contributed by atoms with E-state index in [4.69, 9.17) is 10.5 Å². The van der Waals surface area contributed by atoms with E-state index in [0.717, 1.165) is 28.3 Å². The largest absolute Gasteiger partial charge is 0.497 e. The zero-order valence-corrected chi connectivity index (χ0v) is 9.92. The molecular formula is C13H12N4O. The summed E-state index contributed by atoms with van der Waals surface area (Å²) in [7, 11) is 1.64. The number of nitrogens with zero attached hydrogens (tertiary/aromatic N) is 3. The van der Waals surface area contributed by atoms with Gasteiger partial charge in [-0.3, -0.25) is 4.99 Å². The number of rotatable bonds is 2. The minimum absolute atomic E-state index is 0.471. The maximum atomic E-state index is 5.91. The number of benzene rings is 1. The molecule has 5 heteroatoms. The van der Waals surface area contributed by atoms with Gasteiger partial charge < -0.3 is 10.5 Å². The number of nitrogens with two attached hydrogens (primary N) is 1. The van der Waals surface area contributed by atoms with E-state index in [1.807, 2.05) is 24.3 Å². The van der Waals surface area contributed by atoms with Crippen molar-refractivity contribution in [1.29, 1.82) is 0 Å². The first-order chi connectivity index (χ1) is 8.79. The molecule has 0 unspecified atom stereocenters. The minimum atomic E-state index is 0.471. The second kappa shape index (κ2) is 4.10. The molecule has 0 radical (unpaired) electrons. The maximum absolute atomic E-state index is 5.91. The van der Waals surface area contributed by atoms with Crippen molar-refractivity contribution >= 4 is 11.5 Å². The quantitative estimate of drug-likeness (QED) is 0.861. The molecule has 0 saturated carbocycles. The van der Waals surface area contributed by atoms with Crippen LogP contribution in [0.3, 0.4) is 0 Å². The third-order valence-electron chi connectivity index (χ3n) is 2.92. The summed E-state index contributed by atoms with van der Waals surface area (Å²) in [6, 6.07) is 7.72. The lowest BCUT2D eigenvalue weighted by Crippen LogP contribution is -2.08. The first kappa shape index (κ1) is 10.7. The number of ether oxygens (including phenoxy) is 1. The van der Waals surface area contributed by atoms with Crippen LogP contribution < -0.4 is 10.5 Å². The number of aromatic nitrogens is 2. The SMILES string of the molecule is COc1cccc(C2=NCc3ncnc(N)c32)c1. The lowest BCUT2D eigenvalue weighted by Gasteiger charge is -2.07. The third kappa shape index (κ3) is 1.60. The lowest BCUT2D eigenvalue weighted by molar-refractivity contribution is 0.414. The predicted molar refractivity (Wildman–Crippen MR) is 68.8 cm³/mol. The van der Waals surface area contributed by atoms with Crippen molar-refractivity contribution in [3.63, 3.8) is 0 Å². The molecule has 0 aliphatic carbocycles.